The maximum absolute atomic E-state index is 12.2. The highest BCUT2D eigenvalue weighted by Gasteiger charge is 2.09. The largest absolute Gasteiger partial charge is 0.494 e. The number of anilines is 1. The number of aromatic nitrogens is 2. The minimum atomic E-state index is -2.87. The average molecular weight is 431 g/mol. The fourth-order valence-electron chi connectivity index (χ4n) is 2.51. The minimum absolute atomic E-state index is 0.0726. The van der Waals surface area contributed by atoms with Crippen LogP contribution in [0.25, 0.3) is 11.3 Å². The van der Waals surface area contributed by atoms with E-state index >= 15 is 0 Å². The molecule has 3 aromatic rings. The lowest BCUT2D eigenvalue weighted by Crippen LogP contribution is -2.14. The van der Waals surface area contributed by atoms with E-state index in [9.17, 15) is 13.6 Å². The topological polar surface area (TPSA) is 73.3 Å². The van der Waals surface area contributed by atoms with Gasteiger partial charge in [0, 0.05) is 17.4 Å². The lowest BCUT2D eigenvalue weighted by atomic mass is 10.1. The van der Waals surface area contributed by atoms with E-state index in [1.165, 1.54) is 23.9 Å². The van der Waals surface area contributed by atoms with Crippen LogP contribution in [-0.4, -0.2) is 34.8 Å². The molecule has 0 aliphatic carbocycles. The quantitative estimate of drug-likeness (QED) is 0.385. The van der Waals surface area contributed by atoms with Crippen LogP contribution in [0.3, 0.4) is 0 Å². The van der Waals surface area contributed by atoms with Gasteiger partial charge >= 0.3 is 6.61 Å². The summed E-state index contributed by atoms with van der Waals surface area (Å²) in [7, 11) is 0. The zero-order valence-electron chi connectivity index (χ0n) is 16.0. The first kappa shape index (κ1) is 21.5. The normalized spacial score (nSPS) is 10.7. The zero-order valence-corrected chi connectivity index (χ0v) is 16.9. The van der Waals surface area contributed by atoms with Gasteiger partial charge in [-0.15, -0.1) is 0 Å². The highest BCUT2D eigenvalue weighted by molar-refractivity contribution is 7.99. The van der Waals surface area contributed by atoms with Gasteiger partial charge in [0.2, 0.25) is 5.91 Å². The first-order valence-corrected chi connectivity index (χ1v) is 10.1. The van der Waals surface area contributed by atoms with Gasteiger partial charge in [-0.25, -0.2) is 9.97 Å². The fraction of sp³-hybridized carbons (Fsp3) is 0.190. The number of carbonyl (C=O) groups is 1. The van der Waals surface area contributed by atoms with Gasteiger partial charge in [0.15, 0.2) is 5.16 Å². The van der Waals surface area contributed by atoms with Gasteiger partial charge in [-0.05, 0) is 61.5 Å². The first-order chi connectivity index (χ1) is 14.5. The van der Waals surface area contributed by atoms with Gasteiger partial charge in [0.05, 0.1) is 18.1 Å². The van der Waals surface area contributed by atoms with E-state index in [0.29, 0.717) is 23.1 Å². The van der Waals surface area contributed by atoms with Crippen molar-refractivity contribution in [1.82, 2.24) is 9.97 Å². The number of hydrogen-bond acceptors (Lipinski definition) is 6. The summed E-state index contributed by atoms with van der Waals surface area (Å²) in [6.07, 6.45) is 1.58. The molecule has 1 N–H and O–H groups in total. The molecular weight excluding hydrogens is 412 g/mol. The monoisotopic (exact) mass is 431 g/mol. The van der Waals surface area contributed by atoms with Crippen LogP contribution < -0.4 is 14.8 Å². The number of rotatable bonds is 9. The van der Waals surface area contributed by atoms with E-state index in [-0.39, 0.29) is 17.4 Å². The smallest absolute Gasteiger partial charge is 0.387 e. The Morgan fingerprint density at radius 1 is 1.07 bits per heavy atom. The predicted octanol–water partition coefficient (Wildman–Crippen LogP) is 4.87. The lowest BCUT2D eigenvalue weighted by molar-refractivity contribution is -0.113. The highest BCUT2D eigenvalue weighted by Crippen LogP contribution is 2.24. The molecule has 0 saturated heterocycles. The molecule has 156 valence electrons. The molecule has 2 aromatic carbocycles. The third-order valence-electron chi connectivity index (χ3n) is 3.79. The van der Waals surface area contributed by atoms with Gasteiger partial charge in [0.1, 0.15) is 11.5 Å². The SMILES string of the molecule is CCOc1ccc(NC(=O)CSc2nccc(-c3ccc(OC(F)F)cc3)n2)cc1. The molecule has 0 radical (unpaired) electrons. The Labute approximate surface area is 176 Å². The van der Waals surface area contributed by atoms with E-state index in [1.54, 1.807) is 48.7 Å². The molecule has 3 rings (SSSR count). The van der Waals surface area contributed by atoms with Crippen LogP contribution in [0.15, 0.2) is 66.0 Å². The summed E-state index contributed by atoms with van der Waals surface area (Å²) in [6.45, 7) is -0.387. The zero-order chi connectivity index (χ0) is 21.3. The number of ether oxygens (including phenoxy) is 2. The summed E-state index contributed by atoms with van der Waals surface area (Å²) in [4.78, 5) is 20.8. The fourth-order valence-corrected chi connectivity index (χ4v) is 3.14. The second-order valence-corrected chi connectivity index (χ2v) is 6.86. The van der Waals surface area contributed by atoms with Crippen LogP contribution in [0.5, 0.6) is 11.5 Å². The molecule has 0 spiro atoms. The molecular formula is C21H19F2N3O3S. The third-order valence-corrected chi connectivity index (χ3v) is 4.65. The molecule has 0 aliphatic rings. The van der Waals surface area contributed by atoms with Crippen molar-refractivity contribution >= 4 is 23.4 Å². The van der Waals surface area contributed by atoms with Gasteiger partial charge in [-0.1, -0.05) is 11.8 Å². The predicted molar refractivity (Wildman–Crippen MR) is 111 cm³/mol. The van der Waals surface area contributed by atoms with E-state index < -0.39 is 6.61 Å². The van der Waals surface area contributed by atoms with Crippen molar-refractivity contribution in [3.05, 3.63) is 60.8 Å². The first-order valence-electron chi connectivity index (χ1n) is 9.07. The summed E-state index contributed by atoms with van der Waals surface area (Å²) in [5.74, 6) is 0.761. The average Bonchev–Trinajstić information content (AvgIpc) is 2.74. The maximum atomic E-state index is 12.2. The van der Waals surface area contributed by atoms with Gasteiger partial charge in [0.25, 0.3) is 0 Å². The Morgan fingerprint density at radius 2 is 1.77 bits per heavy atom. The van der Waals surface area contributed by atoms with Crippen LogP contribution in [0.4, 0.5) is 14.5 Å². The molecule has 6 nitrogen and oxygen atoms in total. The van der Waals surface area contributed by atoms with Crippen molar-refractivity contribution in [2.24, 2.45) is 0 Å². The minimum Gasteiger partial charge on any atom is -0.494 e. The van der Waals surface area contributed by atoms with Crippen molar-refractivity contribution in [1.29, 1.82) is 0 Å². The summed E-state index contributed by atoms with van der Waals surface area (Å²) in [6, 6.07) is 15.0. The molecule has 9 heteroatoms. The second kappa shape index (κ2) is 10.5. The number of nitrogens with one attached hydrogen (secondary N) is 1. The Morgan fingerprint density at radius 3 is 2.43 bits per heavy atom. The number of alkyl halides is 2. The number of hydrogen-bond donors (Lipinski definition) is 1. The molecule has 0 aliphatic heterocycles. The Kier molecular flexibility index (Phi) is 7.56. The van der Waals surface area contributed by atoms with Gasteiger partial charge in [-0.2, -0.15) is 8.78 Å². The summed E-state index contributed by atoms with van der Waals surface area (Å²) in [5, 5.41) is 3.24. The van der Waals surface area contributed by atoms with Crippen molar-refractivity contribution < 1.29 is 23.0 Å². The lowest BCUT2D eigenvalue weighted by Gasteiger charge is -2.08. The Balaban J connectivity index is 1.56. The van der Waals surface area contributed by atoms with Gasteiger partial charge in [-0.3, -0.25) is 4.79 Å². The number of carbonyl (C=O) groups excluding carboxylic acids is 1. The second-order valence-electron chi connectivity index (χ2n) is 5.92. The van der Waals surface area contributed by atoms with E-state index in [4.69, 9.17) is 4.74 Å². The van der Waals surface area contributed by atoms with E-state index in [0.717, 1.165) is 11.3 Å². The van der Waals surface area contributed by atoms with E-state index in [1.807, 2.05) is 6.92 Å². The van der Waals surface area contributed by atoms with Crippen LogP contribution in [0.2, 0.25) is 0 Å². The summed E-state index contributed by atoms with van der Waals surface area (Å²) in [5.41, 5.74) is 2.01. The Bertz CT molecular complexity index is 970. The van der Waals surface area contributed by atoms with E-state index in [2.05, 4.69) is 20.0 Å². The van der Waals surface area contributed by atoms with Crippen molar-refractivity contribution in [3.63, 3.8) is 0 Å². The molecule has 0 unspecified atom stereocenters. The van der Waals surface area contributed by atoms with Crippen molar-refractivity contribution in [3.8, 4) is 22.8 Å². The molecule has 0 atom stereocenters. The highest BCUT2D eigenvalue weighted by atomic mass is 32.2. The number of amides is 1. The molecule has 1 heterocycles. The summed E-state index contributed by atoms with van der Waals surface area (Å²) < 4.78 is 34.2. The Hall–Kier alpha value is -3.20. The molecule has 30 heavy (non-hydrogen) atoms. The maximum Gasteiger partial charge on any atom is 0.387 e. The van der Waals surface area contributed by atoms with Crippen molar-refractivity contribution in [2.75, 3.05) is 17.7 Å². The van der Waals surface area contributed by atoms with Crippen molar-refractivity contribution in [2.45, 2.75) is 18.7 Å². The van der Waals surface area contributed by atoms with Crippen LogP contribution >= 0.6 is 11.8 Å². The van der Waals surface area contributed by atoms with Crippen LogP contribution in [-0.2, 0) is 4.79 Å². The molecule has 0 bridgehead atoms. The summed E-state index contributed by atoms with van der Waals surface area (Å²) >= 11 is 1.20. The van der Waals surface area contributed by atoms with Crippen LogP contribution in [0.1, 0.15) is 6.92 Å². The molecule has 0 fully saturated rings. The van der Waals surface area contributed by atoms with Gasteiger partial charge < -0.3 is 14.8 Å². The number of benzene rings is 2. The van der Waals surface area contributed by atoms with Crippen LogP contribution in [0, 0.1) is 0 Å². The number of nitrogens with zero attached hydrogens (tertiary/aromatic N) is 2. The third kappa shape index (κ3) is 6.41. The molecule has 1 aromatic heterocycles. The standard InChI is InChI=1S/C21H19F2N3O3S/c1-2-28-16-9-5-15(6-10-16)25-19(27)13-30-21-24-12-11-18(26-21)14-3-7-17(8-4-14)29-20(22)23/h3-12,20H,2,13H2,1H3,(H,25,27). The number of thioether (sulfide) groups is 1. The number of halogens is 2. The molecule has 1 amide bonds. The molecule has 0 saturated carbocycles.